The van der Waals surface area contributed by atoms with E-state index in [2.05, 4.69) is 100 Å². The maximum atomic E-state index is 6.65. The highest BCUT2D eigenvalue weighted by Gasteiger charge is 2.21. The number of rotatable bonds is 14. The minimum absolute atomic E-state index is 0.679. The van der Waals surface area contributed by atoms with Crippen LogP contribution in [0.5, 0.6) is 23.0 Å². The summed E-state index contributed by atoms with van der Waals surface area (Å²) in [4.78, 5) is 0. The summed E-state index contributed by atoms with van der Waals surface area (Å²) < 4.78 is 26.4. The van der Waals surface area contributed by atoms with Crippen LogP contribution in [0.15, 0.2) is 72.8 Å². The number of para-hydroxylation sites is 4. The molecule has 0 saturated carbocycles. The second kappa shape index (κ2) is 17.1. The Hall–Kier alpha value is -3.92. The van der Waals surface area contributed by atoms with E-state index in [9.17, 15) is 0 Å². The summed E-state index contributed by atoms with van der Waals surface area (Å²) in [5.41, 5.74) is 9.52. The highest BCUT2D eigenvalue weighted by Crippen LogP contribution is 2.39. The Morgan fingerprint density at radius 3 is 0.804 bits per heavy atom. The molecular weight excluding hydrogens is 568 g/mol. The van der Waals surface area contributed by atoms with Crippen LogP contribution in [0.25, 0.3) is 0 Å². The summed E-state index contributed by atoms with van der Waals surface area (Å²) >= 11 is 0. The fourth-order valence-corrected chi connectivity index (χ4v) is 6.27. The second-order valence-electron chi connectivity index (χ2n) is 12.4. The number of ether oxygens (including phenoxy) is 4. The zero-order chi connectivity index (χ0) is 32.1. The Morgan fingerprint density at radius 2 is 0.587 bits per heavy atom. The van der Waals surface area contributed by atoms with E-state index in [1.165, 1.54) is 44.5 Å². The fourth-order valence-electron chi connectivity index (χ4n) is 6.27. The first-order valence-corrected chi connectivity index (χ1v) is 17.6. The normalized spacial score (nSPS) is 12.4. The average Bonchev–Trinajstić information content (AvgIpc) is 3.06. The molecule has 0 fully saturated rings. The first kappa shape index (κ1) is 33.4. The van der Waals surface area contributed by atoms with Gasteiger partial charge in [0.15, 0.2) is 0 Å². The van der Waals surface area contributed by atoms with Crippen molar-refractivity contribution in [3.8, 4) is 23.0 Å². The maximum absolute atomic E-state index is 6.65. The lowest BCUT2D eigenvalue weighted by Crippen LogP contribution is -2.10. The van der Waals surface area contributed by atoms with E-state index in [1.54, 1.807) is 0 Å². The van der Waals surface area contributed by atoms with Crippen molar-refractivity contribution in [2.75, 3.05) is 26.4 Å². The first-order chi connectivity index (χ1) is 22.7. The van der Waals surface area contributed by atoms with Crippen molar-refractivity contribution in [1.82, 2.24) is 0 Å². The van der Waals surface area contributed by atoms with Crippen LogP contribution < -0.4 is 18.9 Å². The van der Waals surface area contributed by atoms with Crippen molar-refractivity contribution < 1.29 is 18.9 Å². The maximum Gasteiger partial charge on any atom is 0.126 e. The lowest BCUT2D eigenvalue weighted by molar-refractivity contribution is 0.299. The monoisotopic (exact) mass is 620 g/mol. The first-order valence-electron chi connectivity index (χ1n) is 17.6. The molecule has 0 amide bonds. The predicted molar refractivity (Wildman–Crippen MR) is 189 cm³/mol. The van der Waals surface area contributed by atoms with E-state index < -0.39 is 0 Å². The Bertz CT molecular complexity index is 1440. The zero-order valence-electron chi connectivity index (χ0n) is 28.5. The smallest absolute Gasteiger partial charge is 0.126 e. The number of hydrogen-bond donors (Lipinski definition) is 0. The SMILES string of the molecule is CCCCOc1c2cccc1Cc1cccc(c1OCCCC)Cc1cccc(c1OCCC)Cc1cccc(c1OCCC)C2. The second-order valence-corrected chi connectivity index (χ2v) is 12.4. The van der Waals surface area contributed by atoms with Crippen LogP contribution in [-0.2, 0) is 25.7 Å². The molecule has 5 rings (SSSR count). The molecule has 0 N–H and O–H groups in total. The van der Waals surface area contributed by atoms with Gasteiger partial charge in [0.2, 0.25) is 0 Å². The molecular formula is C42H52O4. The lowest BCUT2D eigenvalue weighted by Gasteiger charge is -2.22. The van der Waals surface area contributed by atoms with E-state index in [-0.39, 0.29) is 0 Å². The molecule has 4 heteroatoms. The van der Waals surface area contributed by atoms with Crippen LogP contribution in [0, 0.1) is 0 Å². The van der Waals surface area contributed by atoms with Crippen LogP contribution >= 0.6 is 0 Å². The summed E-state index contributed by atoms with van der Waals surface area (Å²) in [5.74, 6) is 3.98. The molecule has 1 aliphatic carbocycles. The number of hydrogen-bond acceptors (Lipinski definition) is 4. The van der Waals surface area contributed by atoms with Gasteiger partial charge in [0.25, 0.3) is 0 Å². The van der Waals surface area contributed by atoms with E-state index in [1.807, 2.05) is 0 Å². The Labute approximate surface area is 277 Å². The summed E-state index contributed by atoms with van der Waals surface area (Å²) in [6.45, 7) is 11.5. The van der Waals surface area contributed by atoms with Gasteiger partial charge in [-0.25, -0.2) is 0 Å². The van der Waals surface area contributed by atoms with Crippen molar-refractivity contribution in [3.63, 3.8) is 0 Å². The predicted octanol–water partition coefficient (Wildman–Crippen LogP) is 10.3. The molecule has 46 heavy (non-hydrogen) atoms. The molecule has 0 unspecified atom stereocenters. The molecule has 4 aromatic carbocycles. The average molecular weight is 621 g/mol. The van der Waals surface area contributed by atoms with Gasteiger partial charge in [-0.05, 0) is 70.2 Å². The molecule has 1 aliphatic rings. The quantitative estimate of drug-likeness (QED) is 0.116. The molecule has 0 heterocycles. The van der Waals surface area contributed by atoms with Crippen LogP contribution in [0.1, 0.15) is 111 Å². The van der Waals surface area contributed by atoms with E-state index >= 15 is 0 Å². The van der Waals surface area contributed by atoms with Gasteiger partial charge in [-0.2, -0.15) is 0 Å². The standard InChI is InChI=1S/C42H52O4/c1-5-9-25-45-41-35-19-13-21-37(41)30-38-22-14-20-36(42(38)46-26-10-6-2)29-34-18-12-16-32(40(34)44-24-8-4)27-31-15-11-17-33(28-35)39(31)43-23-7-3/h11-22H,5-10,23-30H2,1-4H3. The number of unbranched alkanes of at least 4 members (excludes halogenated alkanes) is 2. The molecule has 4 aromatic rings. The third-order valence-corrected chi connectivity index (χ3v) is 8.63. The van der Waals surface area contributed by atoms with E-state index in [0.29, 0.717) is 26.4 Å². The summed E-state index contributed by atoms with van der Waals surface area (Å²) in [6.07, 6.45) is 9.09. The van der Waals surface area contributed by atoms with Gasteiger partial charge in [-0.1, -0.05) is 113 Å². The highest BCUT2D eigenvalue weighted by molar-refractivity contribution is 5.56. The lowest BCUT2D eigenvalue weighted by atomic mass is 9.91. The Morgan fingerprint density at radius 1 is 0.348 bits per heavy atom. The van der Waals surface area contributed by atoms with Gasteiger partial charge in [-0.15, -0.1) is 0 Å². The minimum atomic E-state index is 0.679. The highest BCUT2D eigenvalue weighted by atomic mass is 16.5. The minimum Gasteiger partial charge on any atom is -0.493 e. The molecule has 0 aliphatic heterocycles. The fraction of sp³-hybridized carbons (Fsp3) is 0.429. The van der Waals surface area contributed by atoms with Gasteiger partial charge in [0, 0.05) is 25.7 Å². The molecule has 8 bridgehead atoms. The molecule has 0 aromatic heterocycles. The molecule has 0 spiro atoms. The number of fused-ring (bicyclic) bond motifs is 8. The van der Waals surface area contributed by atoms with Crippen LogP contribution in [0.3, 0.4) is 0 Å². The topological polar surface area (TPSA) is 36.9 Å². The van der Waals surface area contributed by atoms with Crippen LogP contribution in [0.4, 0.5) is 0 Å². The zero-order valence-corrected chi connectivity index (χ0v) is 28.5. The molecule has 0 atom stereocenters. The van der Waals surface area contributed by atoms with Crippen LogP contribution in [0.2, 0.25) is 0 Å². The summed E-state index contributed by atoms with van der Waals surface area (Å²) in [5, 5.41) is 0. The molecule has 4 nitrogen and oxygen atoms in total. The largest absolute Gasteiger partial charge is 0.493 e. The third-order valence-electron chi connectivity index (χ3n) is 8.63. The van der Waals surface area contributed by atoms with Crippen molar-refractivity contribution in [3.05, 3.63) is 117 Å². The van der Waals surface area contributed by atoms with Gasteiger partial charge in [-0.3, -0.25) is 0 Å². The Kier molecular flexibility index (Phi) is 12.4. The van der Waals surface area contributed by atoms with Crippen molar-refractivity contribution in [1.29, 1.82) is 0 Å². The van der Waals surface area contributed by atoms with Gasteiger partial charge < -0.3 is 18.9 Å². The van der Waals surface area contributed by atoms with E-state index in [4.69, 9.17) is 18.9 Å². The summed E-state index contributed by atoms with van der Waals surface area (Å²) in [7, 11) is 0. The van der Waals surface area contributed by atoms with E-state index in [0.717, 1.165) is 87.2 Å². The van der Waals surface area contributed by atoms with Gasteiger partial charge >= 0.3 is 0 Å². The van der Waals surface area contributed by atoms with Crippen molar-refractivity contribution in [2.24, 2.45) is 0 Å². The molecule has 0 radical (unpaired) electrons. The van der Waals surface area contributed by atoms with Crippen molar-refractivity contribution in [2.45, 2.75) is 91.9 Å². The van der Waals surface area contributed by atoms with Gasteiger partial charge in [0.05, 0.1) is 26.4 Å². The third kappa shape index (κ3) is 8.26. The summed E-state index contributed by atoms with van der Waals surface area (Å²) in [6, 6.07) is 26.5. The Balaban J connectivity index is 1.72. The molecule has 244 valence electrons. The number of benzene rings is 4. The molecule has 0 saturated heterocycles. The van der Waals surface area contributed by atoms with Crippen molar-refractivity contribution >= 4 is 0 Å². The van der Waals surface area contributed by atoms with Crippen LogP contribution in [-0.4, -0.2) is 26.4 Å². The van der Waals surface area contributed by atoms with Gasteiger partial charge in [0.1, 0.15) is 23.0 Å².